The first-order chi connectivity index (χ1) is 14.1. The molecule has 1 nitrogen and oxygen atoms in total. The van der Waals surface area contributed by atoms with E-state index in [0.29, 0.717) is 5.71 Å². The molecule has 0 saturated heterocycles. The molecule has 0 atom stereocenters. The SMILES string of the molecule is CC1(C)c2ccccc2-c2cccc(-c3ccc(C(=N)c4ccccc4)cc3)c21. The fraction of sp³-hybridized carbons (Fsp3) is 0.107. The van der Waals surface area contributed by atoms with Crippen molar-refractivity contribution >= 4 is 5.71 Å². The lowest BCUT2D eigenvalue weighted by Crippen LogP contribution is -2.16. The van der Waals surface area contributed by atoms with Gasteiger partial charge in [0.05, 0.1) is 5.71 Å². The van der Waals surface area contributed by atoms with E-state index >= 15 is 0 Å². The lowest BCUT2D eigenvalue weighted by molar-refractivity contribution is 0.662. The van der Waals surface area contributed by atoms with Crippen molar-refractivity contribution in [1.29, 1.82) is 5.41 Å². The van der Waals surface area contributed by atoms with Gasteiger partial charge >= 0.3 is 0 Å². The van der Waals surface area contributed by atoms with Crippen LogP contribution in [0, 0.1) is 5.41 Å². The first-order valence-electron chi connectivity index (χ1n) is 10.1. The molecule has 29 heavy (non-hydrogen) atoms. The zero-order valence-corrected chi connectivity index (χ0v) is 16.7. The van der Waals surface area contributed by atoms with Crippen molar-refractivity contribution in [3.63, 3.8) is 0 Å². The molecule has 140 valence electrons. The molecule has 0 bridgehead atoms. The molecule has 5 rings (SSSR count). The van der Waals surface area contributed by atoms with E-state index in [1.54, 1.807) is 0 Å². The second kappa shape index (κ2) is 6.56. The Hall–Kier alpha value is -3.45. The fourth-order valence-electron chi connectivity index (χ4n) is 4.68. The van der Waals surface area contributed by atoms with Gasteiger partial charge in [0.15, 0.2) is 0 Å². The second-order valence-corrected chi connectivity index (χ2v) is 8.22. The molecule has 0 aromatic heterocycles. The maximum atomic E-state index is 8.52. The third-order valence-electron chi connectivity index (χ3n) is 6.13. The minimum Gasteiger partial charge on any atom is -0.300 e. The van der Waals surface area contributed by atoms with Gasteiger partial charge in [0.1, 0.15) is 0 Å². The zero-order chi connectivity index (χ0) is 20.0. The van der Waals surface area contributed by atoms with Crippen molar-refractivity contribution in [2.75, 3.05) is 0 Å². The molecule has 0 heterocycles. The Morgan fingerprint density at radius 3 is 1.93 bits per heavy atom. The number of hydrogen-bond acceptors (Lipinski definition) is 1. The molecule has 0 fully saturated rings. The molecule has 1 N–H and O–H groups in total. The van der Waals surface area contributed by atoms with E-state index in [9.17, 15) is 0 Å². The summed E-state index contributed by atoms with van der Waals surface area (Å²) in [6, 6.07) is 33.7. The van der Waals surface area contributed by atoms with E-state index in [2.05, 4.69) is 80.6 Å². The van der Waals surface area contributed by atoms with Crippen LogP contribution in [0.25, 0.3) is 22.3 Å². The Bertz CT molecular complexity index is 1210. The Labute approximate surface area is 172 Å². The van der Waals surface area contributed by atoms with Crippen LogP contribution in [0.2, 0.25) is 0 Å². The van der Waals surface area contributed by atoms with Crippen molar-refractivity contribution in [2.45, 2.75) is 19.3 Å². The number of hydrogen-bond donors (Lipinski definition) is 1. The lowest BCUT2D eigenvalue weighted by atomic mass is 9.79. The topological polar surface area (TPSA) is 23.9 Å². The summed E-state index contributed by atoms with van der Waals surface area (Å²) in [5, 5.41) is 8.52. The molecule has 1 aliphatic carbocycles. The molecule has 0 amide bonds. The Balaban J connectivity index is 1.58. The fourth-order valence-corrected chi connectivity index (χ4v) is 4.68. The van der Waals surface area contributed by atoms with Crippen molar-refractivity contribution in [2.24, 2.45) is 0 Å². The van der Waals surface area contributed by atoms with Crippen molar-refractivity contribution in [3.05, 3.63) is 119 Å². The first kappa shape index (κ1) is 17.6. The smallest absolute Gasteiger partial charge is 0.0684 e. The third kappa shape index (κ3) is 2.74. The van der Waals surface area contributed by atoms with Crippen LogP contribution in [-0.2, 0) is 5.41 Å². The molecule has 1 heteroatoms. The van der Waals surface area contributed by atoms with Gasteiger partial charge in [0.25, 0.3) is 0 Å². The number of fused-ring (bicyclic) bond motifs is 3. The molecule has 4 aromatic rings. The Kier molecular flexibility index (Phi) is 3.99. The van der Waals surface area contributed by atoms with Crippen LogP contribution in [0.1, 0.15) is 36.1 Å². The number of nitrogens with one attached hydrogen (secondary N) is 1. The van der Waals surface area contributed by atoms with E-state index in [1.807, 2.05) is 30.3 Å². The van der Waals surface area contributed by atoms with Gasteiger partial charge in [-0.05, 0) is 38.9 Å². The standard InChI is InChI=1S/C28H23N/c1-28(2)25-14-7-6-11-23(25)24-13-8-12-22(26(24)28)19-15-17-21(18-16-19)27(29)20-9-4-3-5-10-20/h3-18,29H,1-2H3. The molecule has 0 spiro atoms. The average molecular weight is 373 g/mol. The van der Waals surface area contributed by atoms with E-state index in [0.717, 1.165) is 11.1 Å². The average Bonchev–Trinajstić information content (AvgIpc) is 3.02. The highest BCUT2D eigenvalue weighted by atomic mass is 14.4. The van der Waals surface area contributed by atoms with Gasteiger partial charge in [-0.1, -0.05) is 111 Å². The van der Waals surface area contributed by atoms with Crippen LogP contribution in [0.3, 0.4) is 0 Å². The quantitative estimate of drug-likeness (QED) is 0.371. The van der Waals surface area contributed by atoms with Gasteiger partial charge in [0, 0.05) is 11.0 Å². The van der Waals surface area contributed by atoms with Crippen LogP contribution >= 0.6 is 0 Å². The molecule has 0 saturated carbocycles. The molecule has 0 unspecified atom stereocenters. The van der Waals surface area contributed by atoms with Gasteiger partial charge in [-0.2, -0.15) is 0 Å². The van der Waals surface area contributed by atoms with Gasteiger partial charge < -0.3 is 0 Å². The lowest BCUT2D eigenvalue weighted by Gasteiger charge is -2.24. The highest BCUT2D eigenvalue weighted by molar-refractivity contribution is 6.11. The molecular weight excluding hydrogens is 350 g/mol. The van der Waals surface area contributed by atoms with Crippen molar-refractivity contribution < 1.29 is 0 Å². The maximum Gasteiger partial charge on any atom is 0.0684 e. The Morgan fingerprint density at radius 2 is 1.17 bits per heavy atom. The third-order valence-corrected chi connectivity index (χ3v) is 6.13. The summed E-state index contributed by atoms with van der Waals surface area (Å²) in [7, 11) is 0. The maximum absolute atomic E-state index is 8.52. The van der Waals surface area contributed by atoms with Crippen molar-refractivity contribution in [1.82, 2.24) is 0 Å². The van der Waals surface area contributed by atoms with Crippen LogP contribution < -0.4 is 0 Å². The first-order valence-corrected chi connectivity index (χ1v) is 10.1. The summed E-state index contributed by atoms with van der Waals surface area (Å²) in [5.74, 6) is 0. The van der Waals surface area contributed by atoms with E-state index in [1.165, 1.54) is 33.4 Å². The summed E-state index contributed by atoms with van der Waals surface area (Å²) in [6.07, 6.45) is 0. The van der Waals surface area contributed by atoms with Crippen LogP contribution in [0.4, 0.5) is 0 Å². The second-order valence-electron chi connectivity index (χ2n) is 8.22. The molecule has 0 radical (unpaired) electrons. The highest BCUT2D eigenvalue weighted by Crippen LogP contribution is 2.51. The predicted octanol–water partition coefficient (Wildman–Crippen LogP) is 7.08. The van der Waals surface area contributed by atoms with Gasteiger partial charge in [-0.25, -0.2) is 0 Å². The molecule has 0 aliphatic heterocycles. The van der Waals surface area contributed by atoms with Gasteiger partial charge in [-0.15, -0.1) is 0 Å². The summed E-state index contributed by atoms with van der Waals surface area (Å²) < 4.78 is 0. The van der Waals surface area contributed by atoms with Crippen LogP contribution in [0.15, 0.2) is 97.1 Å². The van der Waals surface area contributed by atoms with E-state index in [-0.39, 0.29) is 5.41 Å². The summed E-state index contributed by atoms with van der Waals surface area (Å²) in [6.45, 7) is 4.64. The predicted molar refractivity (Wildman–Crippen MR) is 122 cm³/mol. The molecule has 4 aromatic carbocycles. The molecule has 1 aliphatic rings. The minimum absolute atomic E-state index is 0.0298. The summed E-state index contributed by atoms with van der Waals surface area (Å²) in [4.78, 5) is 0. The van der Waals surface area contributed by atoms with Crippen molar-refractivity contribution in [3.8, 4) is 22.3 Å². The van der Waals surface area contributed by atoms with Gasteiger partial charge in [-0.3, -0.25) is 5.41 Å². The summed E-state index contributed by atoms with van der Waals surface area (Å²) >= 11 is 0. The van der Waals surface area contributed by atoms with Crippen LogP contribution in [0.5, 0.6) is 0 Å². The minimum atomic E-state index is -0.0298. The summed E-state index contributed by atoms with van der Waals surface area (Å²) in [5.41, 5.74) is 10.4. The number of rotatable bonds is 3. The monoisotopic (exact) mass is 373 g/mol. The van der Waals surface area contributed by atoms with E-state index in [4.69, 9.17) is 5.41 Å². The largest absolute Gasteiger partial charge is 0.300 e. The van der Waals surface area contributed by atoms with E-state index < -0.39 is 0 Å². The van der Waals surface area contributed by atoms with Gasteiger partial charge in [0.2, 0.25) is 0 Å². The van der Waals surface area contributed by atoms with Crippen LogP contribution in [-0.4, -0.2) is 5.71 Å². The Morgan fingerprint density at radius 1 is 0.586 bits per heavy atom. The highest BCUT2D eigenvalue weighted by Gasteiger charge is 2.37. The molecular formula is C28H23N. The number of benzene rings is 4. The zero-order valence-electron chi connectivity index (χ0n) is 16.7. The normalized spacial score (nSPS) is 13.6.